The van der Waals surface area contributed by atoms with Gasteiger partial charge >= 0.3 is 0 Å². The van der Waals surface area contributed by atoms with E-state index in [4.69, 9.17) is 15.6 Å². The van der Waals surface area contributed by atoms with Crippen LogP contribution in [0, 0.1) is 0 Å². The molecular formula is C10H12BrN5O4. The van der Waals surface area contributed by atoms with Crippen molar-refractivity contribution in [2.75, 3.05) is 12.3 Å². The highest BCUT2D eigenvalue weighted by Crippen LogP contribution is 2.33. The number of nitrogens with one attached hydrogen (secondary N) is 1. The molecule has 2 aromatic heterocycles. The van der Waals surface area contributed by atoms with E-state index in [0.29, 0.717) is 4.73 Å². The van der Waals surface area contributed by atoms with Crippen molar-refractivity contribution in [2.45, 2.75) is 24.9 Å². The van der Waals surface area contributed by atoms with E-state index in [9.17, 15) is 9.90 Å². The van der Waals surface area contributed by atoms with Gasteiger partial charge in [0.05, 0.1) is 12.7 Å². The van der Waals surface area contributed by atoms with Gasteiger partial charge in [0.1, 0.15) is 12.3 Å². The number of imidazole rings is 1. The molecule has 3 heterocycles. The van der Waals surface area contributed by atoms with Crippen LogP contribution in [0.4, 0.5) is 5.95 Å². The molecular weight excluding hydrogens is 334 g/mol. The summed E-state index contributed by atoms with van der Waals surface area (Å²) in [5.41, 5.74) is 5.45. The Hall–Kier alpha value is -1.49. The molecule has 1 fully saturated rings. The van der Waals surface area contributed by atoms with E-state index >= 15 is 0 Å². The molecule has 20 heavy (non-hydrogen) atoms. The number of ether oxygens (including phenoxy) is 1. The standard InChI is InChI=1S/C10H12BrN5O4/c11-9-13-6-7(14-10(12)15-8(6)19)16(9)5-1-3(18)4(2-17)20-5/h3-5,17-18H,1-2H2,(H3,12,14,15,19)/t3?,4-,5-/m1/s1. The van der Waals surface area contributed by atoms with Crippen LogP contribution in [0.1, 0.15) is 12.6 Å². The molecule has 2 aromatic rings. The summed E-state index contributed by atoms with van der Waals surface area (Å²) in [5, 5.41) is 18.9. The number of aliphatic hydroxyl groups excluding tert-OH is 2. The van der Waals surface area contributed by atoms with Gasteiger partial charge in [-0.05, 0) is 15.9 Å². The molecule has 1 saturated heterocycles. The Morgan fingerprint density at radius 3 is 2.95 bits per heavy atom. The van der Waals surface area contributed by atoms with Gasteiger partial charge in [-0.25, -0.2) is 4.98 Å². The number of hydrogen-bond acceptors (Lipinski definition) is 7. The van der Waals surface area contributed by atoms with E-state index in [1.54, 1.807) is 0 Å². The van der Waals surface area contributed by atoms with Crippen LogP contribution in [0.3, 0.4) is 0 Å². The number of nitrogens with zero attached hydrogens (tertiary/aromatic N) is 3. The van der Waals surface area contributed by atoms with E-state index in [2.05, 4.69) is 30.9 Å². The molecule has 1 aliphatic heterocycles. The van der Waals surface area contributed by atoms with Crippen molar-refractivity contribution in [1.29, 1.82) is 0 Å². The fourth-order valence-corrected chi connectivity index (χ4v) is 2.84. The lowest BCUT2D eigenvalue weighted by Gasteiger charge is -2.14. The number of aromatic nitrogens is 4. The number of anilines is 1. The first kappa shape index (κ1) is 13.5. The Balaban J connectivity index is 2.13. The highest BCUT2D eigenvalue weighted by molar-refractivity contribution is 9.10. The molecule has 5 N–H and O–H groups in total. The van der Waals surface area contributed by atoms with Crippen LogP contribution in [0.2, 0.25) is 0 Å². The number of aliphatic hydroxyl groups is 2. The van der Waals surface area contributed by atoms with Crippen molar-refractivity contribution in [3.63, 3.8) is 0 Å². The van der Waals surface area contributed by atoms with Crippen molar-refractivity contribution >= 4 is 33.0 Å². The fraction of sp³-hybridized carbons (Fsp3) is 0.500. The third-order valence-electron chi connectivity index (χ3n) is 3.20. The molecule has 3 rings (SSSR count). The molecule has 10 heteroatoms. The zero-order chi connectivity index (χ0) is 14.4. The first-order chi connectivity index (χ1) is 9.51. The highest BCUT2D eigenvalue weighted by Gasteiger charge is 2.36. The number of aromatic amines is 1. The predicted octanol–water partition coefficient (Wildman–Crippen LogP) is -0.895. The number of halogens is 1. The van der Waals surface area contributed by atoms with Gasteiger partial charge in [0.2, 0.25) is 5.95 Å². The molecule has 0 spiro atoms. The minimum absolute atomic E-state index is 0.0339. The SMILES string of the molecule is Nc1nc2c(nc(Br)n2[C@H]2CC(O)[C@@H](CO)O2)c(=O)[nH]1. The van der Waals surface area contributed by atoms with E-state index in [0.717, 1.165) is 0 Å². The molecule has 0 radical (unpaired) electrons. The maximum Gasteiger partial charge on any atom is 0.280 e. The summed E-state index contributed by atoms with van der Waals surface area (Å²) < 4.78 is 7.40. The van der Waals surface area contributed by atoms with E-state index in [1.807, 2.05) is 0 Å². The quantitative estimate of drug-likeness (QED) is 0.517. The second-order valence-electron chi connectivity index (χ2n) is 4.49. The molecule has 0 saturated carbocycles. The minimum Gasteiger partial charge on any atom is -0.394 e. The van der Waals surface area contributed by atoms with Gasteiger partial charge in [0, 0.05) is 6.42 Å². The number of fused-ring (bicyclic) bond motifs is 1. The van der Waals surface area contributed by atoms with Crippen LogP contribution in [0.15, 0.2) is 9.53 Å². The summed E-state index contributed by atoms with van der Waals surface area (Å²) in [7, 11) is 0. The summed E-state index contributed by atoms with van der Waals surface area (Å²) in [4.78, 5) is 22.2. The lowest BCUT2D eigenvalue weighted by Crippen LogP contribution is -2.24. The summed E-state index contributed by atoms with van der Waals surface area (Å²) in [6.45, 7) is -0.294. The van der Waals surface area contributed by atoms with Crippen LogP contribution in [-0.4, -0.2) is 48.5 Å². The van der Waals surface area contributed by atoms with Crippen LogP contribution >= 0.6 is 15.9 Å². The topological polar surface area (TPSA) is 139 Å². The van der Waals surface area contributed by atoms with Crippen molar-refractivity contribution in [3.8, 4) is 0 Å². The molecule has 1 aliphatic rings. The minimum atomic E-state index is -0.798. The van der Waals surface area contributed by atoms with E-state index in [-0.39, 0.29) is 30.1 Å². The van der Waals surface area contributed by atoms with Gasteiger partial charge in [-0.3, -0.25) is 14.3 Å². The maximum absolute atomic E-state index is 11.8. The highest BCUT2D eigenvalue weighted by atomic mass is 79.9. The predicted molar refractivity (Wildman–Crippen MR) is 71.9 cm³/mol. The molecule has 3 atom stereocenters. The van der Waals surface area contributed by atoms with Gasteiger partial charge in [0.15, 0.2) is 15.9 Å². The number of hydrogen-bond donors (Lipinski definition) is 4. The Morgan fingerprint density at radius 2 is 2.30 bits per heavy atom. The van der Waals surface area contributed by atoms with Crippen molar-refractivity contribution in [3.05, 3.63) is 15.1 Å². The lowest BCUT2D eigenvalue weighted by atomic mass is 10.2. The lowest BCUT2D eigenvalue weighted by molar-refractivity contribution is -0.0439. The Labute approximate surface area is 120 Å². The third kappa shape index (κ3) is 2.00. The van der Waals surface area contributed by atoms with Crippen molar-refractivity contribution in [1.82, 2.24) is 19.5 Å². The smallest absolute Gasteiger partial charge is 0.280 e. The van der Waals surface area contributed by atoms with Crippen molar-refractivity contribution < 1.29 is 14.9 Å². The molecule has 9 nitrogen and oxygen atoms in total. The van der Waals surface area contributed by atoms with Gasteiger partial charge in [-0.2, -0.15) is 4.98 Å². The van der Waals surface area contributed by atoms with Gasteiger partial charge in [0.25, 0.3) is 5.56 Å². The second-order valence-corrected chi connectivity index (χ2v) is 5.20. The van der Waals surface area contributed by atoms with Crippen LogP contribution in [0.5, 0.6) is 0 Å². The van der Waals surface area contributed by atoms with Crippen LogP contribution in [-0.2, 0) is 4.74 Å². The number of nitrogens with two attached hydrogens (primary N) is 1. The van der Waals surface area contributed by atoms with Gasteiger partial charge in [-0.1, -0.05) is 0 Å². The molecule has 0 aromatic carbocycles. The number of H-pyrrole nitrogens is 1. The van der Waals surface area contributed by atoms with Crippen LogP contribution < -0.4 is 11.3 Å². The monoisotopic (exact) mass is 345 g/mol. The average molecular weight is 346 g/mol. The largest absolute Gasteiger partial charge is 0.394 e. The summed E-state index contributed by atoms with van der Waals surface area (Å²) in [6.07, 6.45) is -1.81. The normalized spacial score (nSPS) is 26.4. The first-order valence-electron chi connectivity index (χ1n) is 5.89. The molecule has 0 aliphatic carbocycles. The maximum atomic E-state index is 11.8. The van der Waals surface area contributed by atoms with Gasteiger partial charge in [-0.15, -0.1) is 0 Å². The molecule has 0 bridgehead atoms. The van der Waals surface area contributed by atoms with Gasteiger partial charge < -0.3 is 20.7 Å². The Morgan fingerprint density at radius 1 is 1.55 bits per heavy atom. The number of nitrogen functional groups attached to an aromatic ring is 1. The summed E-state index contributed by atoms with van der Waals surface area (Å²) >= 11 is 3.23. The summed E-state index contributed by atoms with van der Waals surface area (Å²) in [5.74, 6) is -0.0339. The Kier molecular flexibility index (Phi) is 3.24. The Bertz CT molecular complexity index is 713. The average Bonchev–Trinajstić information content (AvgIpc) is 2.89. The zero-order valence-electron chi connectivity index (χ0n) is 10.2. The summed E-state index contributed by atoms with van der Waals surface area (Å²) in [6, 6.07) is 0. The second kappa shape index (κ2) is 4.81. The zero-order valence-corrected chi connectivity index (χ0v) is 11.7. The molecule has 0 amide bonds. The van der Waals surface area contributed by atoms with E-state index < -0.39 is 24.0 Å². The number of rotatable bonds is 2. The first-order valence-corrected chi connectivity index (χ1v) is 6.68. The third-order valence-corrected chi connectivity index (χ3v) is 3.76. The van der Waals surface area contributed by atoms with E-state index in [1.165, 1.54) is 4.57 Å². The van der Waals surface area contributed by atoms with Crippen LogP contribution in [0.25, 0.3) is 11.2 Å². The fourth-order valence-electron chi connectivity index (χ4n) is 2.27. The van der Waals surface area contributed by atoms with Crippen molar-refractivity contribution in [2.24, 2.45) is 0 Å². The molecule has 1 unspecified atom stereocenters. The molecule has 108 valence electrons.